The third-order valence-electron chi connectivity index (χ3n) is 9.30. The summed E-state index contributed by atoms with van der Waals surface area (Å²) in [4.78, 5) is 0. The van der Waals surface area contributed by atoms with Gasteiger partial charge in [-0.05, 0) is 54.8 Å². The van der Waals surface area contributed by atoms with Crippen LogP contribution >= 0.6 is 0 Å². The topological polar surface area (TPSA) is 9.86 Å². The molecule has 0 spiro atoms. The van der Waals surface area contributed by atoms with Crippen molar-refractivity contribution < 1.29 is 0 Å². The fraction of sp³-hybridized carbons (Fsp3) is 0.135. The van der Waals surface area contributed by atoms with Crippen LogP contribution in [0.5, 0.6) is 0 Å². The molecule has 0 aliphatic heterocycles. The molecule has 2 aliphatic rings. The van der Waals surface area contributed by atoms with Crippen LogP contribution in [-0.4, -0.2) is 9.13 Å². The Morgan fingerprint density at radius 1 is 0.487 bits per heavy atom. The van der Waals surface area contributed by atoms with E-state index in [0.29, 0.717) is 17.9 Å². The Bertz CT molecular complexity index is 1980. The van der Waals surface area contributed by atoms with Crippen LogP contribution in [0.15, 0.2) is 133 Å². The Labute approximate surface area is 227 Å². The lowest BCUT2D eigenvalue weighted by Crippen LogP contribution is -2.19. The van der Waals surface area contributed by atoms with Crippen LogP contribution in [0, 0.1) is 5.92 Å². The van der Waals surface area contributed by atoms with Crippen molar-refractivity contribution in [2.45, 2.75) is 24.8 Å². The third-order valence-corrected chi connectivity index (χ3v) is 9.30. The van der Waals surface area contributed by atoms with Gasteiger partial charge in [0.2, 0.25) is 0 Å². The van der Waals surface area contributed by atoms with Crippen molar-refractivity contribution in [3.8, 4) is 5.69 Å². The minimum absolute atomic E-state index is 0.512. The van der Waals surface area contributed by atoms with Gasteiger partial charge in [-0.1, -0.05) is 96.6 Å². The highest BCUT2D eigenvalue weighted by Crippen LogP contribution is 2.56. The highest BCUT2D eigenvalue weighted by Gasteiger charge is 2.43. The summed E-state index contributed by atoms with van der Waals surface area (Å²) in [5.41, 5.74) is 9.60. The Kier molecular flexibility index (Phi) is 4.37. The number of rotatable bonds is 3. The molecule has 0 saturated heterocycles. The predicted octanol–water partition coefficient (Wildman–Crippen LogP) is 9.57. The van der Waals surface area contributed by atoms with Gasteiger partial charge in [-0.25, -0.2) is 0 Å². The second kappa shape index (κ2) is 7.97. The molecular weight excluding hydrogens is 472 g/mol. The van der Waals surface area contributed by atoms with E-state index in [4.69, 9.17) is 0 Å². The third kappa shape index (κ3) is 3.03. The van der Waals surface area contributed by atoms with E-state index in [1.165, 1.54) is 67.7 Å². The van der Waals surface area contributed by atoms with E-state index in [1.54, 1.807) is 5.57 Å². The van der Waals surface area contributed by atoms with Gasteiger partial charge >= 0.3 is 0 Å². The molecule has 1 saturated carbocycles. The van der Waals surface area contributed by atoms with Crippen molar-refractivity contribution in [2.24, 2.45) is 5.92 Å². The van der Waals surface area contributed by atoms with E-state index in [9.17, 15) is 0 Å². The van der Waals surface area contributed by atoms with Crippen LogP contribution in [0.25, 0.3) is 49.3 Å². The van der Waals surface area contributed by atoms with Gasteiger partial charge in [-0.2, -0.15) is 0 Å². The van der Waals surface area contributed by atoms with E-state index in [-0.39, 0.29) is 0 Å². The summed E-state index contributed by atoms with van der Waals surface area (Å²) in [6.45, 7) is 0. The minimum atomic E-state index is 0.512. The Balaban J connectivity index is 1.05. The Hall–Kier alpha value is -4.56. The van der Waals surface area contributed by atoms with Crippen LogP contribution in [0.1, 0.15) is 30.4 Å². The monoisotopic (exact) mass is 500 g/mol. The van der Waals surface area contributed by atoms with Crippen molar-refractivity contribution in [2.75, 3.05) is 0 Å². The first-order valence-corrected chi connectivity index (χ1v) is 14.1. The van der Waals surface area contributed by atoms with Crippen LogP contribution in [0.4, 0.5) is 0 Å². The number of aromatic nitrogens is 2. The van der Waals surface area contributed by atoms with Crippen LogP contribution in [0.3, 0.4) is 0 Å². The van der Waals surface area contributed by atoms with Gasteiger partial charge in [-0.15, -0.1) is 0 Å². The summed E-state index contributed by atoms with van der Waals surface area (Å²) in [6.07, 6.45) is 4.95. The molecule has 39 heavy (non-hydrogen) atoms. The molecule has 3 atom stereocenters. The molecular formula is C37H28N2. The molecule has 5 aromatic carbocycles. The second-order valence-electron chi connectivity index (χ2n) is 11.3. The smallest absolute Gasteiger partial charge is 0.0541 e. The van der Waals surface area contributed by atoms with Crippen molar-refractivity contribution in [3.63, 3.8) is 0 Å². The predicted molar refractivity (Wildman–Crippen MR) is 163 cm³/mol. The van der Waals surface area contributed by atoms with Crippen molar-refractivity contribution in [1.82, 2.24) is 9.13 Å². The maximum Gasteiger partial charge on any atom is 0.0541 e. The van der Waals surface area contributed by atoms with E-state index in [1.807, 2.05) is 0 Å². The van der Waals surface area contributed by atoms with Crippen molar-refractivity contribution in [1.29, 1.82) is 0 Å². The van der Waals surface area contributed by atoms with Crippen LogP contribution < -0.4 is 0 Å². The average molecular weight is 501 g/mol. The van der Waals surface area contributed by atoms with Gasteiger partial charge in [0.25, 0.3) is 0 Å². The van der Waals surface area contributed by atoms with E-state index in [0.717, 1.165) is 0 Å². The zero-order valence-electron chi connectivity index (χ0n) is 21.7. The maximum absolute atomic E-state index is 2.64. The number of hydrogen-bond acceptors (Lipinski definition) is 0. The van der Waals surface area contributed by atoms with E-state index < -0.39 is 0 Å². The SMILES string of the molecule is C1=C2C(c3ccc(-n4c5ccccc5c5ccccc54)cc3)CCC(n3c4ccccc4c4ccccc43)C12. The molecule has 186 valence electrons. The summed E-state index contributed by atoms with van der Waals surface area (Å²) in [7, 11) is 0. The first-order valence-electron chi connectivity index (χ1n) is 14.1. The van der Waals surface area contributed by atoms with Gasteiger partial charge in [0.15, 0.2) is 0 Å². The molecule has 0 radical (unpaired) electrons. The lowest BCUT2D eigenvalue weighted by Gasteiger charge is -2.30. The number of para-hydroxylation sites is 4. The lowest BCUT2D eigenvalue weighted by molar-refractivity contribution is 0.383. The Morgan fingerprint density at radius 2 is 0.974 bits per heavy atom. The largest absolute Gasteiger partial charge is 0.336 e. The van der Waals surface area contributed by atoms with Crippen molar-refractivity contribution >= 4 is 43.6 Å². The second-order valence-corrected chi connectivity index (χ2v) is 11.3. The highest BCUT2D eigenvalue weighted by molar-refractivity contribution is 6.09. The number of fused-ring (bicyclic) bond motifs is 7. The van der Waals surface area contributed by atoms with E-state index >= 15 is 0 Å². The van der Waals surface area contributed by atoms with Crippen LogP contribution in [-0.2, 0) is 0 Å². The number of allylic oxidation sites excluding steroid dienone is 2. The average Bonchev–Trinajstić information content (AvgIpc) is 3.65. The first-order chi connectivity index (χ1) is 19.4. The molecule has 0 N–H and O–H groups in total. The standard InChI is InChI=1S/C37H28N2/c1-5-13-33-27(9-1)28-10-2-6-14-34(28)38(33)25-19-17-24(18-20-25)26-21-22-37(32-23-31(26)32)39-35-15-7-3-11-29(35)30-12-4-8-16-36(30)39/h1-20,23,26,32,37H,21-22H2. The summed E-state index contributed by atoms with van der Waals surface area (Å²) in [5.74, 6) is 1.10. The summed E-state index contributed by atoms with van der Waals surface area (Å²) in [5, 5.41) is 5.37. The molecule has 2 aliphatic carbocycles. The maximum atomic E-state index is 2.64. The molecule has 3 unspecified atom stereocenters. The fourth-order valence-corrected chi connectivity index (χ4v) is 7.54. The molecule has 2 aromatic heterocycles. The minimum Gasteiger partial charge on any atom is -0.336 e. The normalized spacial score (nSPS) is 20.5. The number of benzene rings is 5. The zero-order valence-corrected chi connectivity index (χ0v) is 21.7. The molecule has 2 nitrogen and oxygen atoms in total. The zero-order chi connectivity index (χ0) is 25.5. The van der Waals surface area contributed by atoms with Gasteiger partial charge < -0.3 is 9.13 Å². The summed E-state index contributed by atoms with van der Waals surface area (Å²) >= 11 is 0. The molecule has 2 heteroatoms. The van der Waals surface area contributed by atoms with Crippen LogP contribution in [0.2, 0.25) is 0 Å². The van der Waals surface area contributed by atoms with Gasteiger partial charge in [0.05, 0.1) is 11.0 Å². The molecule has 9 rings (SSSR count). The molecule has 1 fully saturated rings. The van der Waals surface area contributed by atoms with Gasteiger partial charge in [0, 0.05) is 56.1 Å². The van der Waals surface area contributed by atoms with Gasteiger partial charge in [-0.3, -0.25) is 0 Å². The number of hydrogen-bond donors (Lipinski definition) is 0. The molecule has 2 heterocycles. The lowest BCUT2D eigenvalue weighted by atomic mass is 9.81. The summed E-state index contributed by atoms with van der Waals surface area (Å²) in [6, 6.07) is 45.3. The Morgan fingerprint density at radius 3 is 1.54 bits per heavy atom. The highest BCUT2D eigenvalue weighted by atomic mass is 15.0. The summed E-state index contributed by atoms with van der Waals surface area (Å²) < 4.78 is 5.05. The quantitative estimate of drug-likeness (QED) is 0.214. The van der Waals surface area contributed by atoms with E-state index in [2.05, 4.69) is 137 Å². The van der Waals surface area contributed by atoms with Crippen molar-refractivity contribution in [3.05, 3.63) is 139 Å². The molecule has 7 aromatic rings. The first kappa shape index (κ1) is 21.4. The molecule has 0 bridgehead atoms. The van der Waals surface area contributed by atoms with Gasteiger partial charge in [0.1, 0.15) is 0 Å². The number of nitrogens with zero attached hydrogens (tertiary/aromatic N) is 2. The molecule has 0 amide bonds. The fourth-order valence-electron chi connectivity index (χ4n) is 7.54.